The number of rotatable bonds is 3. The third-order valence-electron chi connectivity index (χ3n) is 3.66. The SMILES string of the molecule is CCc1cc(Oc2ccc(C(F)(F)F)cc2)c2ncccc2c1Br. The molecule has 0 saturated carbocycles. The number of pyridine rings is 1. The lowest BCUT2D eigenvalue weighted by Gasteiger charge is -2.13. The first-order chi connectivity index (χ1) is 11.4. The smallest absolute Gasteiger partial charge is 0.416 e. The Kier molecular flexibility index (Phi) is 4.49. The molecule has 0 amide bonds. The summed E-state index contributed by atoms with van der Waals surface area (Å²) < 4.78 is 44.7. The molecule has 2 aromatic carbocycles. The molecule has 0 atom stereocenters. The number of ether oxygens (including phenoxy) is 1. The van der Waals surface area contributed by atoms with Gasteiger partial charge in [-0.3, -0.25) is 4.98 Å². The molecule has 0 saturated heterocycles. The Morgan fingerprint density at radius 3 is 2.46 bits per heavy atom. The van der Waals surface area contributed by atoms with Gasteiger partial charge in [-0.1, -0.05) is 6.92 Å². The predicted octanol–water partition coefficient (Wildman–Crippen LogP) is 6.37. The third-order valence-corrected chi connectivity index (χ3v) is 4.59. The summed E-state index contributed by atoms with van der Waals surface area (Å²) in [6, 6.07) is 10.2. The maximum Gasteiger partial charge on any atom is 0.416 e. The van der Waals surface area contributed by atoms with Gasteiger partial charge in [0.25, 0.3) is 0 Å². The fourth-order valence-corrected chi connectivity index (χ4v) is 3.13. The highest BCUT2D eigenvalue weighted by molar-refractivity contribution is 9.10. The number of hydrogen-bond acceptors (Lipinski definition) is 2. The van der Waals surface area contributed by atoms with Crippen molar-refractivity contribution in [2.24, 2.45) is 0 Å². The number of aromatic nitrogens is 1. The molecule has 3 rings (SSSR count). The molecule has 0 unspecified atom stereocenters. The van der Waals surface area contributed by atoms with Crippen molar-refractivity contribution in [3.8, 4) is 11.5 Å². The lowest BCUT2D eigenvalue weighted by Crippen LogP contribution is -2.04. The molecule has 2 nitrogen and oxygen atoms in total. The van der Waals surface area contributed by atoms with Gasteiger partial charge in [-0.2, -0.15) is 13.2 Å². The van der Waals surface area contributed by atoms with Crippen LogP contribution in [0.1, 0.15) is 18.1 Å². The zero-order valence-electron chi connectivity index (χ0n) is 12.7. The molecule has 0 fully saturated rings. The molecule has 0 radical (unpaired) electrons. The van der Waals surface area contributed by atoms with Gasteiger partial charge in [0.05, 0.1) is 5.56 Å². The van der Waals surface area contributed by atoms with Crippen molar-refractivity contribution in [2.75, 3.05) is 0 Å². The molecule has 0 aliphatic carbocycles. The van der Waals surface area contributed by atoms with Crippen LogP contribution in [0, 0.1) is 0 Å². The standard InChI is InChI=1S/C18H13BrF3NO/c1-2-11-10-15(17-14(16(11)19)4-3-9-23-17)24-13-7-5-12(6-8-13)18(20,21)22/h3-10H,2H2,1H3. The number of fused-ring (bicyclic) bond motifs is 1. The molecule has 1 aromatic heterocycles. The van der Waals surface area contributed by atoms with Crippen molar-refractivity contribution in [3.05, 3.63) is 64.3 Å². The van der Waals surface area contributed by atoms with Crippen molar-refractivity contribution in [3.63, 3.8) is 0 Å². The summed E-state index contributed by atoms with van der Waals surface area (Å²) in [7, 11) is 0. The van der Waals surface area contributed by atoms with E-state index in [2.05, 4.69) is 20.9 Å². The molecular formula is C18H13BrF3NO. The van der Waals surface area contributed by atoms with E-state index in [0.29, 0.717) is 17.0 Å². The zero-order valence-corrected chi connectivity index (χ0v) is 14.3. The Bertz CT molecular complexity index is 876. The number of aryl methyl sites for hydroxylation is 1. The van der Waals surface area contributed by atoms with E-state index in [0.717, 1.165) is 34.0 Å². The van der Waals surface area contributed by atoms with Crippen LogP contribution in [0.4, 0.5) is 13.2 Å². The zero-order chi connectivity index (χ0) is 17.3. The summed E-state index contributed by atoms with van der Waals surface area (Å²) in [5.41, 5.74) is 0.988. The normalized spacial score (nSPS) is 11.7. The summed E-state index contributed by atoms with van der Waals surface area (Å²) in [5.74, 6) is 0.852. The van der Waals surface area contributed by atoms with E-state index in [1.54, 1.807) is 6.20 Å². The molecule has 1 heterocycles. The quantitative estimate of drug-likeness (QED) is 0.513. The fraction of sp³-hybridized carbons (Fsp3) is 0.167. The largest absolute Gasteiger partial charge is 0.455 e. The van der Waals surface area contributed by atoms with E-state index < -0.39 is 11.7 Å². The predicted molar refractivity (Wildman–Crippen MR) is 90.3 cm³/mol. The summed E-state index contributed by atoms with van der Waals surface area (Å²) in [6.07, 6.45) is -1.92. The van der Waals surface area contributed by atoms with Crippen LogP contribution in [0.25, 0.3) is 10.9 Å². The molecule has 0 N–H and O–H groups in total. The summed E-state index contributed by atoms with van der Waals surface area (Å²) >= 11 is 3.57. The average molecular weight is 396 g/mol. The molecule has 0 aliphatic heterocycles. The molecule has 24 heavy (non-hydrogen) atoms. The first-order valence-corrected chi connectivity index (χ1v) is 8.10. The molecule has 124 valence electrons. The maximum absolute atomic E-state index is 12.6. The Morgan fingerprint density at radius 1 is 1.12 bits per heavy atom. The van der Waals surface area contributed by atoms with Gasteiger partial charge >= 0.3 is 6.18 Å². The van der Waals surface area contributed by atoms with Gasteiger partial charge in [0, 0.05) is 16.1 Å². The van der Waals surface area contributed by atoms with Crippen LogP contribution in [0.3, 0.4) is 0 Å². The second kappa shape index (κ2) is 6.43. The number of alkyl halides is 3. The molecular weight excluding hydrogens is 383 g/mol. The third kappa shape index (κ3) is 3.24. The Labute approximate surface area is 145 Å². The van der Waals surface area contributed by atoms with Crippen LogP contribution < -0.4 is 4.74 Å². The fourth-order valence-electron chi connectivity index (χ4n) is 2.42. The highest BCUT2D eigenvalue weighted by Crippen LogP contribution is 2.37. The summed E-state index contributed by atoms with van der Waals surface area (Å²) in [5, 5.41) is 0.902. The van der Waals surface area contributed by atoms with Crippen molar-refractivity contribution in [1.82, 2.24) is 4.98 Å². The first-order valence-electron chi connectivity index (χ1n) is 7.31. The first kappa shape index (κ1) is 16.8. The van der Waals surface area contributed by atoms with Crippen molar-refractivity contribution < 1.29 is 17.9 Å². The second-order valence-electron chi connectivity index (χ2n) is 5.23. The van der Waals surface area contributed by atoms with E-state index in [4.69, 9.17) is 4.74 Å². The van der Waals surface area contributed by atoms with E-state index in [9.17, 15) is 13.2 Å². The summed E-state index contributed by atoms with van der Waals surface area (Å²) in [4.78, 5) is 4.34. The minimum Gasteiger partial charge on any atom is -0.455 e. The number of halogens is 4. The Hall–Kier alpha value is -2.08. The van der Waals surface area contributed by atoms with Crippen LogP contribution >= 0.6 is 15.9 Å². The number of benzene rings is 2. The number of hydrogen-bond donors (Lipinski definition) is 0. The van der Waals surface area contributed by atoms with Gasteiger partial charge in [-0.05, 0) is 70.4 Å². The minimum atomic E-state index is -4.36. The van der Waals surface area contributed by atoms with Gasteiger partial charge in [-0.25, -0.2) is 0 Å². The highest BCUT2D eigenvalue weighted by atomic mass is 79.9. The minimum absolute atomic E-state index is 0.333. The second-order valence-corrected chi connectivity index (χ2v) is 6.02. The molecule has 6 heteroatoms. The monoisotopic (exact) mass is 395 g/mol. The van der Waals surface area contributed by atoms with Gasteiger partial charge in [-0.15, -0.1) is 0 Å². The van der Waals surface area contributed by atoms with Crippen molar-refractivity contribution >= 4 is 26.8 Å². The molecule has 0 bridgehead atoms. The topological polar surface area (TPSA) is 22.1 Å². The van der Waals surface area contributed by atoms with E-state index in [-0.39, 0.29) is 0 Å². The van der Waals surface area contributed by atoms with Crippen LogP contribution in [-0.4, -0.2) is 4.98 Å². The highest BCUT2D eigenvalue weighted by Gasteiger charge is 2.30. The number of nitrogens with zero attached hydrogens (tertiary/aromatic N) is 1. The van der Waals surface area contributed by atoms with E-state index >= 15 is 0 Å². The van der Waals surface area contributed by atoms with Crippen LogP contribution in [0.5, 0.6) is 11.5 Å². The average Bonchev–Trinajstić information content (AvgIpc) is 2.57. The van der Waals surface area contributed by atoms with Gasteiger partial charge in [0.2, 0.25) is 0 Å². The summed E-state index contributed by atoms with van der Waals surface area (Å²) in [6.45, 7) is 2.02. The van der Waals surface area contributed by atoms with Gasteiger partial charge in [0.15, 0.2) is 5.75 Å². The molecule has 3 aromatic rings. The lowest BCUT2D eigenvalue weighted by atomic mass is 10.1. The molecule has 0 spiro atoms. The van der Waals surface area contributed by atoms with E-state index in [1.807, 2.05) is 25.1 Å². The van der Waals surface area contributed by atoms with Gasteiger partial charge in [0.1, 0.15) is 11.3 Å². The maximum atomic E-state index is 12.6. The van der Waals surface area contributed by atoms with Crippen LogP contribution in [0.15, 0.2) is 53.1 Å². The Morgan fingerprint density at radius 2 is 1.83 bits per heavy atom. The van der Waals surface area contributed by atoms with Gasteiger partial charge < -0.3 is 4.74 Å². The van der Waals surface area contributed by atoms with E-state index in [1.165, 1.54) is 12.1 Å². The lowest BCUT2D eigenvalue weighted by molar-refractivity contribution is -0.137. The van der Waals surface area contributed by atoms with Crippen molar-refractivity contribution in [1.29, 1.82) is 0 Å². The van der Waals surface area contributed by atoms with Crippen LogP contribution in [0.2, 0.25) is 0 Å². The van der Waals surface area contributed by atoms with Crippen LogP contribution in [-0.2, 0) is 12.6 Å². The van der Waals surface area contributed by atoms with Crippen molar-refractivity contribution in [2.45, 2.75) is 19.5 Å². The Balaban J connectivity index is 2.02. The molecule has 0 aliphatic rings.